The zero-order valence-corrected chi connectivity index (χ0v) is 19.9. The molecule has 0 saturated heterocycles. The molecule has 0 N–H and O–H groups in total. The Hall–Kier alpha value is -3.47. The fraction of sp³-hybridized carbons (Fsp3) is 0.321. The van der Waals surface area contributed by atoms with E-state index in [2.05, 4.69) is 60.9 Å². The number of hydrogen-bond donors (Lipinski definition) is 0. The first-order chi connectivity index (χ1) is 16.1. The molecule has 5 nitrogen and oxygen atoms in total. The largest absolute Gasteiger partial charge is 0.493 e. The lowest BCUT2D eigenvalue weighted by atomic mass is 10.1. The highest BCUT2D eigenvalue weighted by Crippen LogP contribution is 2.29. The summed E-state index contributed by atoms with van der Waals surface area (Å²) in [7, 11) is 3.32. The zero-order chi connectivity index (χ0) is 23.2. The third-order valence-corrected chi connectivity index (χ3v) is 5.98. The summed E-state index contributed by atoms with van der Waals surface area (Å²) >= 11 is 0. The van der Waals surface area contributed by atoms with Gasteiger partial charge in [-0.2, -0.15) is 0 Å². The van der Waals surface area contributed by atoms with E-state index < -0.39 is 0 Å². The predicted molar refractivity (Wildman–Crippen MR) is 133 cm³/mol. The van der Waals surface area contributed by atoms with E-state index in [9.17, 15) is 0 Å². The Balaban J connectivity index is 1.46. The van der Waals surface area contributed by atoms with Crippen LogP contribution in [0.25, 0.3) is 11.0 Å². The number of methoxy groups -OCH3 is 2. The third kappa shape index (κ3) is 5.14. The van der Waals surface area contributed by atoms with Gasteiger partial charge in [-0.05, 0) is 67.6 Å². The van der Waals surface area contributed by atoms with Crippen LogP contribution in [0.3, 0.4) is 0 Å². The number of ether oxygens (including phenoxy) is 3. The van der Waals surface area contributed by atoms with Crippen molar-refractivity contribution in [2.45, 2.75) is 39.7 Å². The molecular formula is C28H32N2O3. The van der Waals surface area contributed by atoms with Crippen molar-refractivity contribution < 1.29 is 14.2 Å². The lowest BCUT2D eigenvalue weighted by Crippen LogP contribution is -2.07. The van der Waals surface area contributed by atoms with Crippen LogP contribution >= 0.6 is 0 Å². The van der Waals surface area contributed by atoms with Crippen molar-refractivity contribution in [3.8, 4) is 17.2 Å². The number of hydrogen-bond acceptors (Lipinski definition) is 4. The first-order valence-corrected chi connectivity index (χ1v) is 11.4. The highest BCUT2D eigenvalue weighted by molar-refractivity contribution is 5.76. The van der Waals surface area contributed by atoms with E-state index in [1.165, 1.54) is 16.6 Å². The molecule has 0 spiro atoms. The molecule has 172 valence electrons. The van der Waals surface area contributed by atoms with Crippen molar-refractivity contribution in [1.29, 1.82) is 0 Å². The van der Waals surface area contributed by atoms with Gasteiger partial charge < -0.3 is 18.8 Å². The van der Waals surface area contributed by atoms with E-state index in [1.807, 2.05) is 18.2 Å². The topological polar surface area (TPSA) is 45.5 Å². The van der Waals surface area contributed by atoms with Crippen LogP contribution in [0.5, 0.6) is 17.2 Å². The van der Waals surface area contributed by atoms with E-state index in [-0.39, 0.29) is 0 Å². The second-order valence-corrected chi connectivity index (χ2v) is 8.31. The standard InChI is InChI=1S/C28H32N2O3/c1-20-10-9-11-21(2)28(20)33-17-8-7-16-30-24-13-6-5-12-23(24)29-27(30)19-22-14-15-25(31-3)26(18-22)32-4/h5-6,9-15,18H,7-8,16-17,19H2,1-4H3. The maximum absolute atomic E-state index is 6.10. The Bertz CT molecular complexity index is 1210. The SMILES string of the molecule is COc1ccc(Cc2nc3ccccc3n2CCCCOc2c(C)cccc2C)cc1OC. The normalized spacial score (nSPS) is 11.0. The second-order valence-electron chi connectivity index (χ2n) is 8.31. The molecule has 4 aromatic rings. The summed E-state index contributed by atoms with van der Waals surface area (Å²) in [5, 5.41) is 0. The molecule has 0 aliphatic heterocycles. The van der Waals surface area contributed by atoms with Crippen LogP contribution in [-0.4, -0.2) is 30.4 Å². The van der Waals surface area contributed by atoms with Gasteiger partial charge in [0.2, 0.25) is 0 Å². The molecule has 3 aromatic carbocycles. The zero-order valence-electron chi connectivity index (χ0n) is 19.9. The summed E-state index contributed by atoms with van der Waals surface area (Å²) in [6, 6.07) is 20.7. The molecule has 0 aliphatic rings. The van der Waals surface area contributed by atoms with Crippen molar-refractivity contribution >= 4 is 11.0 Å². The number of para-hydroxylation sites is 3. The van der Waals surface area contributed by atoms with E-state index in [0.717, 1.165) is 60.0 Å². The Morgan fingerprint density at radius 3 is 2.33 bits per heavy atom. The van der Waals surface area contributed by atoms with Crippen LogP contribution in [-0.2, 0) is 13.0 Å². The highest BCUT2D eigenvalue weighted by Gasteiger charge is 2.13. The summed E-state index contributed by atoms with van der Waals surface area (Å²) in [6.45, 7) is 5.81. The van der Waals surface area contributed by atoms with E-state index in [1.54, 1.807) is 14.2 Å². The third-order valence-electron chi connectivity index (χ3n) is 5.98. The van der Waals surface area contributed by atoms with E-state index in [4.69, 9.17) is 19.2 Å². The first-order valence-electron chi connectivity index (χ1n) is 11.4. The number of rotatable bonds is 10. The van der Waals surface area contributed by atoms with Crippen LogP contribution in [0, 0.1) is 13.8 Å². The quantitative estimate of drug-likeness (QED) is 0.276. The Labute approximate surface area is 195 Å². The van der Waals surface area contributed by atoms with Gasteiger partial charge in [-0.25, -0.2) is 4.98 Å². The number of aromatic nitrogens is 2. The van der Waals surface area contributed by atoms with Gasteiger partial charge in [0.25, 0.3) is 0 Å². The van der Waals surface area contributed by atoms with Crippen LogP contribution < -0.4 is 14.2 Å². The molecule has 4 rings (SSSR count). The summed E-state index contributed by atoms with van der Waals surface area (Å²) in [6.07, 6.45) is 2.73. The lowest BCUT2D eigenvalue weighted by Gasteiger charge is -2.13. The number of fused-ring (bicyclic) bond motifs is 1. The minimum absolute atomic E-state index is 0.712. The van der Waals surface area contributed by atoms with Gasteiger partial charge in [0.1, 0.15) is 11.6 Å². The van der Waals surface area contributed by atoms with Gasteiger partial charge in [0.05, 0.1) is 31.9 Å². The molecule has 5 heteroatoms. The van der Waals surface area contributed by atoms with Gasteiger partial charge in [-0.1, -0.05) is 36.4 Å². The number of aryl methyl sites for hydroxylation is 3. The van der Waals surface area contributed by atoms with Crippen molar-refractivity contribution in [3.05, 3.63) is 83.2 Å². The van der Waals surface area contributed by atoms with E-state index >= 15 is 0 Å². The summed E-state index contributed by atoms with van der Waals surface area (Å²) in [4.78, 5) is 4.94. The fourth-order valence-electron chi connectivity index (χ4n) is 4.26. The molecular weight excluding hydrogens is 412 g/mol. The number of benzene rings is 3. The summed E-state index contributed by atoms with van der Waals surface area (Å²) in [5.74, 6) is 3.54. The van der Waals surface area contributed by atoms with Crippen LogP contribution in [0.15, 0.2) is 60.7 Å². The molecule has 0 radical (unpaired) electrons. The maximum atomic E-state index is 6.10. The molecule has 0 amide bonds. The number of imidazole rings is 1. The predicted octanol–water partition coefficient (Wildman–Crippen LogP) is 6.12. The monoisotopic (exact) mass is 444 g/mol. The van der Waals surface area contributed by atoms with Crippen LogP contribution in [0.2, 0.25) is 0 Å². The average molecular weight is 445 g/mol. The number of nitrogens with zero attached hydrogens (tertiary/aromatic N) is 2. The van der Waals surface area contributed by atoms with Gasteiger partial charge in [0.15, 0.2) is 11.5 Å². The van der Waals surface area contributed by atoms with Crippen molar-refractivity contribution in [2.24, 2.45) is 0 Å². The average Bonchev–Trinajstić information content (AvgIpc) is 3.17. The van der Waals surface area contributed by atoms with Gasteiger partial charge in [-0.3, -0.25) is 0 Å². The van der Waals surface area contributed by atoms with Crippen molar-refractivity contribution in [1.82, 2.24) is 9.55 Å². The summed E-state index contributed by atoms with van der Waals surface area (Å²) in [5.41, 5.74) is 5.71. The highest BCUT2D eigenvalue weighted by atomic mass is 16.5. The Morgan fingerprint density at radius 1 is 0.818 bits per heavy atom. The molecule has 0 aliphatic carbocycles. The Kier molecular flexibility index (Phi) is 7.18. The van der Waals surface area contributed by atoms with Gasteiger partial charge in [-0.15, -0.1) is 0 Å². The van der Waals surface area contributed by atoms with E-state index in [0.29, 0.717) is 6.61 Å². The minimum Gasteiger partial charge on any atom is -0.493 e. The molecule has 33 heavy (non-hydrogen) atoms. The maximum Gasteiger partial charge on any atom is 0.161 e. The minimum atomic E-state index is 0.712. The molecule has 0 unspecified atom stereocenters. The molecule has 1 aromatic heterocycles. The first kappa shape index (κ1) is 22.7. The van der Waals surface area contributed by atoms with Gasteiger partial charge in [0, 0.05) is 13.0 Å². The molecule has 0 atom stereocenters. The molecule has 0 fully saturated rings. The summed E-state index contributed by atoms with van der Waals surface area (Å²) < 4.78 is 19.3. The van der Waals surface area contributed by atoms with Crippen LogP contribution in [0.4, 0.5) is 0 Å². The smallest absolute Gasteiger partial charge is 0.161 e. The number of unbranched alkanes of at least 4 members (excludes halogenated alkanes) is 1. The van der Waals surface area contributed by atoms with Crippen molar-refractivity contribution in [3.63, 3.8) is 0 Å². The lowest BCUT2D eigenvalue weighted by molar-refractivity contribution is 0.299. The fourth-order valence-corrected chi connectivity index (χ4v) is 4.26. The molecule has 0 bridgehead atoms. The molecule has 0 saturated carbocycles. The van der Waals surface area contributed by atoms with Gasteiger partial charge >= 0.3 is 0 Å². The van der Waals surface area contributed by atoms with Crippen LogP contribution in [0.1, 0.15) is 35.4 Å². The second kappa shape index (κ2) is 10.4. The Morgan fingerprint density at radius 2 is 1.58 bits per heavy atom. The van der Waals surface area contributed by atoms with Crippen molar-refractivity contribution in [2.75, 3.05) is 20.8 Å². The molecule has 1 heterocycles.